The summed E-state index contributed by atoms with van der Waals surface area (Å²) < 4.78 is 27.6. The predicted octanol–water partition coefficient (Wildman–Crippen LogP) is 4.27. The number of amides is 1. The number of hydrogen-bond donors (Lipinski definition) is 0. The normalized spacial score (nSPS) is 16.5. The third-order valence-corrected chi connectivity index (χ3v) is 7.94. The molecule has 0 atom stereocenters. The van der Waals surface area contributed by atoms with E-state index in [2.05, 4.69) is 15.9 Å². The molecule has 1 aliphatic rings. The van der Waals surface area contributed by atoms with E-state index >= 15 is 0 Å². The van der Waals surface area contributed by atoms with Crippen molar-refractivity contribution in [3.8, 4) is 0 Å². The highest BCUT2D eigenvalue weighted by Crippen LogP contribution is 2.27. The molecule has 2 rings (SSSR count). The van der Waals surface area contributed by atoms with E-state index in [1.54, 1.807) is 17.0 Å². The Bertz CT molecular complexity index is 724. The van der Waals surface area contributed by atoms with E-state index in [1.807, 2.05) is 20.9 Å². The largest absolute Gasteiger partial charge is 0.339 e. The van der Waals surface area contributed by atoms with Crippen LogP contribution in [-0.4, -0.2) is 49.7 Å². The highest BCUT2D eigenvalue weighted by molar-refractivity contribution is 9.10. The fraction of sp³-hybridized carbons (Fsp3) is 0.632. The van der Waals surface area contributed by atoms with Crippen molar-refractivity contribution in [2.75, 3.05) is 20.1 Å². The molecule has 1 aliphatic carbocycles. The molecule has 146 valence electrons. The van der Waals surface area contributed by atoms with E-state index < -0.39 is 10.0 Å². The zero-order valence-electron chi connectivity index (χ0n) is 15.9. The maximum absolute atomic E-state index is 13.1. The Morgan fingerprint density at radius 2 is 1.69 bits per heavy atom. The molecule has 1 aromatic rings. The summed E-state index contributed by atoms with van der Waals surface area (Å²) in [5.41, 5.74) is 0.407. The van der Waals surface area contributed by atoms with Crippen LogP contribution in [0.1, 0.15) is 62.7 Å². The zero-order chi connectivity index (χ0) is 19.3. The van der Waals surface area contributed by atoms with Gasteiger partial charge in [-0.15, -0.1) is 0 Å². The van der Waals surface area contributed by atoms with E-state index in [4.69, 9.17) is 0 Å². The van der Waals surface area contributed by atoms with E-state index in [0.717, 1.165) is 25.7 Å². The number of sulfonamides is 1. The van der Waals surface area contributed by atoms with Gasteiger partial charge in [0.25, 0.3) is 5.91 Å². The van der Waals surface area contributed by atoms with Gasteiger partial charge in [-0.1, -0.05) is 39.5 Å². The Kier molecular flexibility index (Phi) is 7.67. The summed E-state index contributed by atoms with van der Waals surface area (Å²) >= 11 is 3.42. The zero-order valence-corrected chi connectivity index (χ0v) is 18.3. The molecule has 1 amide bonds. The number of carbonyl (C=O) groups is 1. The van der Waals surface area contributed by atoms with Crippen LogP contribution >= 0.6 is 15.9 Å². The summed E-state index contributed by atoms with van der Waals surface area (Å²) in [7, 11) is -1.76. The highest BCUT2D eigenvalue weighted by Gasteiger charge is 2.27. The number of benzene rings is 1. The van der Waals surface area contributed by atoms with Crippen molar-refractivity contribution in [3.63, 3.8) is 0 Å². The van der Waals surface area contributed by atoms with Gasteiger partial charge in [0.15, 0.2) is 0 Å². The van der Waals surface area contributed by atoms with Crippen LogP contribution in [0.3, 0.4) is 0 Å². The van der Waals surface area contributed by atoms with Gasteiger partial charge in [0.05, 0.1) is 10.5 Å². The van der Waals surface area contributed by atoms with Crippen molar-refractivity contribution in [2.45, 2.75) is 63.3 Å². The maximum atomic E-state index is 13.1. The summed E-state index contributed by atoms with van der Waals surface area (Å²) in [6.45, 7) is 4.43. The third kappa shape index (κ3) is 4.67. The van der Waals surface area contributed by atoms with Gasteiger partial charge in [-0.2, -0.15) is 4.31 Å². The van der Waals surface area contributed by atoms with Crippen LogP contribution in [0.2, 0.25) is 0 Å². The van der Waals surface area contributed by atoms with Crippen LogP contribution < -0.4 is 0 Å². The van der Waals surface area contributed by atoms with Gasteiger partial charge in [0, 0.05) is 30.7 Å². The number of carbonyl (C=O) groups excluding carboxylic acids is 1. The minimum Gasteiger partial charge on any atom is -0.339 e. The van der Waals surface area contributed by atoms with Crippen LogP contribution in [-0.2, 0) is 10.0 Å². The van der Waals surface area contributed by atoms with Gasteiger partial charge >= 0.3 is 0 Å². The van der Waals surface area contributed by atoms with Gasteiger partial charge in [0.1, 0.15) is 0 Å². The minimum atomic E-state index is -3.59. The molecule has 0 radical (unpaired) electrons. The second-order valence-electron chi connectivity index (χ2n) is 6.79. The molecule has 5 nitrogen and oxygen atoms in total. The molecular weight excluding hydrogens is 416 g/mol. The summed E-state index contributed by atoms with van der Waals surface area (Å²) in [5.74, 6) is -0.125. The van der Waals surface area contributed by atoms with Crippen LogP contribution in [0.4, 0.5) is 0 Å². The molecule has 7 heteroatoms. The van der Waals surface area contributed by atoms with Crippen molar-refractivity contribution in [1.82, 2.24) is 9.21 Å². The average molecular weight is 445 g/mol. The number of halogens is 1. The lowest BCUT2D eigenvalue weighted by molar-refractivity contribution is 0.0716. The first-order valence-electron chi connectivity index (χ1n) is 9.39. The van der Waals surface area contributed by atoms with Crippen molar-refractivity contribution >= 4 is 31.9 Å². The first-order valence-corrected chi connectivity index (χ1v) is 11.6. The van der Waals surface area contributed by atoms with Gasteiger partial charge in [0.2, 0.25) is 10.0 Å². The Balaban J connectivity index is 2.32. The number of rotatable bonds is 6. The molecule has 0 bridgehead atoms. The molecule has 0 N–H and O–H groups in total. The summed E-state index contributed by atoms with van der Waals surface area (Å²) in [6.07, 6.45) is 6.74. The maximum Gasteiger partial charge on any atom is 0.255 e. The van der Waals surface area contributed by atoms with Crippen LogP contribution in [0.15, 0.2) is 27.6 Å². The van der Waals surface area contributed by atoms with Gasteiger partial charge in [-0.05, 0) is 47.0 Å². The van der Waals surface area contributed by atoms with Gasteiger partial charge in [-0.3, -0.25) is 4.79 Å². The Hall–Kier alpha value is -0.920. The summed E-state index contributed by atoms with van der Waals surface area (Å²) in [4.78, 5) is 15.0. The fourth-order valence-electron chi connectivity index (χ4n) is 3.54. The molecule has 0 saturated heterocycles. The quantitative estimate of drug-likeness (QED) is 0.615. The Labute approximate surface area is 165 Å². The van der Waals surface area contributed by atoms with Crippen molar-refractivity contribution < 1.29 is 13.2 Å². The molecule has 0 aliphatic heterocycles. The van der Waals surface area contributed by atoms with Crippen LogP contribution in [0, 0.1) is 0 Å². The number of nitrogens with zero attached hydrogens (tertiary/aromatic N) is 2. The second-order valence-corrected chi connectivity index (χ2v) is 9.58. The van der Waals surface area contributed by atoms with E-state index in [-0.39, 0.29) is 16.8 Å². The van der Waals surface area contributed by atoms with Gasteiger partial charge < -0.3 is 4.90 Å². The molecular formula is C19H29BrN2O3S. The minimum absolute atomic E-state index is 0.125. The summed E-state index contributed by atoms with van der Waals surface area (Å²) in [6, 6.07) is 4.94. The molecule has 0 unspecified atom stereocenters. The SMILES string of the molecule is CCN(CC)S(=O)(=O)c1ccc(Br)c(C(=O)N(C)C2CCCCCC2)c1. The van der Waals surface area contributed by atoms with Crippen molar-refractivity contribution in [2.24, 2.45) is 0 Å². The lowest BCUT2D eigenvalue weighted by atomic mass is 10.1. The average Bonchev–Trinajstić information content (AvgIpc) is 2.91. The predicted molar refractivity (Wildman–Crippen MR) is 108 cm³/mol. The smallest absolute Gasteiger partial charge is 0.255 e. The number of hydrogen-bond acceptors (Lipinski definition) is 3. The van der Waals surface area contributed by atoms with Gasteiger partial charge in [-0.25, -0.2) is 8.42 Å². The van der Waals surface area contributed by atoms with Crippen molar-refractivity contribution in [3.05, 3.63) is 28.2 Å². The van der Waals surface area contributed by atoms with E-state index in [1.165, 1.54) is 23.2 Å². The molecule has 1 aromatic carbocycles. The van der Waals surface area contributed by atoms with Crippen LogP contribution in [0.5, 0.6) is 0 Å². The van der Waals surface area contributed by atoms with Crippen LogP contribution in [0.25, 0.3) is 0 Å². The Morgan fingerprint density at radius 3 is 2.23 bits per heavy atom. The lowest BCUT2D eigenvalue weighted by Crippen LogP contribution is -2.37. The standard InChI is InChI=1S/C19H29BrN2O3S/c1-4-22(5-2)26(24,25)16-12-13-18(20)17(14-16)19(23)21(3)15-10-8-6-7-9-11-15/h12-15H,4-11H2,1-3H3. The molecule has 26 heavy (non-hydrogen) atoms. The van der Waals surface area contributed by atoms with E-state index in [0.29, 0.717) is 23.1 Å². The Morgan fingerprint density at radius 1 is 1.12 bits per heavy atom. The van der Waals surface area contributed by atoms with E-state index in [9.17, 15) is 13.2 Å². The monoisotopic (exact) mass is 444 g/mol. The molecule has 1 fully saturated rings. The van der Waals surface area contributed by atoms with Crippen molar-refractivity contribution in [1.29, 1.82) is 0 Å². The lowest BCUT2D eigenvalue weighted by Gasteiger charge is -2.28. The molecule has 0 spiro atoms. The highest BCUT2D eigenvalue weighted by atomic mass is 79.9. The topological polar surface area (TPSA) is 57.7 Å². The summed E-state index contributed by atoms with van der Waals surface area (Å²) in [5, 5.41) is 0. The first-order chi connectivity index (χ1) is 12.3. The molecule has 0 aromatic heterocycles. The fourth-order valence-corrected chi connectivity index (χ4v) is 5.44. The first kappa shape index (κ1) is 21.4. The second kappa shape index (κ2) is 9.33. The molecule has 1 saturated carbocycles. The third-order valence-electron chi connectivity index (χ3n) is 5.20. The molecule has 0 heterocycles.